The molecule has 1 aromatic carbocycles. The van der Waals surface area contributed by atoms with Crippen molar-refractivity contribution in [1.29, 1.82) is 0 Å². The van der Waals surface area contributed by atoms with Crippen molar-refractivity contribution in [3.05, 3.63) is 24.3 Å². The average Bonchev–Trinajstić information content (AvgIpc) is 2.70. The second kappa shape index (κ2) is 12.8. The molecule has 0 amide bonds. The fourth-order valence-electron chi connectivity index (χ4n) is 3.59. The molecule has 7 nitrogen and oxygen atoms in total. The maximum Gasteiger partial charge on any atom is 0.229 e. The standard InChI is InChI=1S/C25H42O7/c1-15(2)27-14-21-22(28-16(3)4)23(29-17(5)6)24(30-18(7)8)25(32-21)31-20-12-10-19(26-9)11-13-20/h10-13,15-18,21-25H,14H2,1-9H3. The molecule has 0 bridgehead atoms. The molecule has 7 heteroatoms. The minimum atomic E-state index is -0.692. The smallest absolute Gasteiger partial charge is 0.229 e. The second-order valence-corrected chi connectivity index (χ2v) is 9.17. The van der Waals surface area contributed by atoms with Crippen molar-refractivity contribution in [3.63, 3.8) is 0 Å². The Morgan fingerprint density at radius 3 is 1.69 bits per heavy atom. The Kier molecular flexibility index (Phi) is 10.7. The maximum absolute atomic E-state index is 6.43. The fourth-order valence-corrected chi connectivity index (χ4v) is 3.59. The Labute approximate surface area is 193 Å². The molecule has 1 saturated heterocycles. The van der Waals surface area contributed by atoms with Gasteiger partial charge >= 0.3 is 0 Å². The summed E-state index contributed by atoms with van der Waals surface area (Å²) in [5.74, 6) is 1.41. The molecule has 0 aromatic heterocycles. The Morgan fingerprint density at radius 1 is 0.688 bits per heavy atom. The van der Waals surface area contributed by atoms with Gasteiger partial charge in [-0.15, -0.1) is 0 Å². The number of hydrogen-bond acceptors (Lipinski definition) is 7. The number of rotatable bonds is 12. The van der Waals surface area contributed by atoms with Gasteiger partial charge in [-0.1, -0.05) is 0 Å². The van der Waals surface area contributed by atoms with Crippen LogP contribution in [0.1, 0.15) is 55.4 Å². The minimum absolute atomic E-state index is 0.0119. The van der Waals surface area contributed by atoms with Crippen LogP contribution in [0.5, 0.6) is 11.5 Å². The van der Waals surface area contributed by atoms with Gasteiger partial charge in [0.05, 0.1) is 38.1 Å². The van der Waals surface area contributed by atoms with Gasteiger partial charge in [0.1, 0.15) is 35.9 Å². The third-order valence-corrected chi connectivity index (χ3v) is 4.78. The Morgan fingerprint density at radius 2 is 1.19 bits per heavy atom. The number of benzene rings is 1. The summed E-state index contributed by atoms with van der Waals surface area (Å²) in [6.45, 7) is 16.4. The highest BCUT2D eigenvalue weighted by atomic mass is 16.7. The van der Waals surface area contributed by atoms with Crippen molar-refractivity contribution in [2.24, 2.45) is 0 Å². The molecule has 0 radical (unpaired) electrons. The molecule has 5 unspecified atom stereocenters. The van der Waals surface area contributed by atoms with Crippen molar-refractivity contribution in [2.75, 3.05) is 13.7 Å². The fraction of sp³-hybridized carbons (Fsp3) is 0.760. The van der Waals surface area contributed by atoms with E-state index in [9.17, 15) is 0 Å². The predicted octanol–water partition coefficient (Wildman–Crippen LogP) is 4.60. The molecule has 0 aliphatic carbocycles. The van der Waals surface area contributed by atoms with Gasteiger partial charge in [0.25, 0.3) is 0 Å². The van der Waals surface area contributed by atoms with E-state index in [0.29, 0.717) is 12.4 Å². The summed E-state index contributed by atoms with van der Waals surface area (Å²) in [5, 5.41) is 0. The molecule has 1 aliphatic rings. The molecule has 0 N–H and O–H groups in total. The van der Waals surface area contributed by atoms with Crippen molar-refractivity contribution < 1.29 is 33.2 Å². The first-order valence-electron chi connectivity index (χ1n) is 11.6. The highest BCUT2D eigenvalue weighted by Gasteiger charge is 2.50. The summed E-state index contributed by atoms with van der Waals surface area (Å²) in [6.07, 6.45) is -2.33. The molecular weight excluding hydrogens is 412 g/mol. The summed E-state index contributed by atoms with van der Waals surface area (Å²) in [5.41, 5.74) is 0. The lowest BCUT2D eigenvalue weighted by atomic mass is 9.97. The van der Waals surface area contributed by atoms with E-state index in [4.69, 9.17) is 33.2 Å². The third-order valence-electron chi connectivity index (χ3n) is 4.78. The number of ether oxygens (including phenoxy) is 7. The highest BCUT2D eigenvalue weighted by Crippen LogP contribution is 2.32. The van der Waals surface area contributed by atoms with Gasteiger partial charge in [0.2, 0.25) is 6.29 Å². The van der Waals surface area contributed by atoms with E-state index in [2.05, 4.69) is 0 Å². The van der Waals surface area contributed by atoms with Crippen LogP contribution in [0.4, 0.5) is 0 Å². The highest BCUT2D eigenvalue weighted by molar-refractivity contribution is 5.31. The lowest BCUT2D eigenvalue weighted by molar-refractivity contribution is -0.317. The number of hydrogen-bond donors (Lipinski definition) is 0. The van der Waals surface area contributed by atoms with E-state index in [-0.39, 0.29) is 36.6 Å². The number of methoxy groups -OCH3 is 1. The molecule has 5 atom stereocenters. The van der Waals surface area contributed by atoms with E-state index < -0.39 is 18.5 Å². The topological polar surface area (TPSA) is 64.6 Å². The molecule has 0 saturated carbocycles. The van der Waals surface area contributed by atoms with Crippen molar-refractivity contribution in [3.8, 4) is 11.5 Å². The molecule has 184 valence electrons. The van der Waals surface area contributed by atoms with Crippen LogP contribution < -0.4 is 9.47 Å². The van der Waals surface area contributed by atoms with Crippen molar-refractivity contribution >= 4 is 0 Å². The molecule has 1 fully saturated rings. The van der Waals surface area contributed by atoms with Crippen LogP contribution in [-0.4, -0.2) is 68.8 Å². The molecule has 32 heavy (non-hydrogen) atoms. The molecule has 0 spiro atoms. The SMILES string of the molecule is COc1ccc(OC2OC(COC(C)C)C(OC(C)C)C(OC(C)C)C2OC(C)C)cc1. The lowest BCUT2D eigenvalue weighted by Crippen LogP contribution is -2.64. The largest absolute Gasteiger partial charge is 0.497 e. The van der Waals surface area contributed by atoms with Crippen LogP contribution >= 0.6 is 0 Å². The molecule has 1 aliphatic heterocycles. The first kappa shape index (κ1) is 26.9. The van der Waals surface area contributed by atoms with Crippen molar-refractivity contribution in [2.45, 2.75) is 111 Å². The van der Waals surface area contributed by atoms with Crippen LogP contribution in [0.15, 0.2) is 24.3 Å². The van der Waals surface area contributed by atoms with Gasteiger partial charge in [0.15, 0.2) is 0 Å². The molecular formula is C25H42O7. The Balaban J connectivity index is 2.38. The first-order valence-corrected chi connectivity index (χ1v) is 11.6. The maximum atomic E-state index is 6.43. The van der Waals surface area contributed by atoms with Crippen LogP contribution in [0.25, 0.3) is 0 Å². The first-order chi connectivity index (χ1) is 15.1. The van der Waals surface area contributed by atoms with E-state index in [1.54, 1.807) is 7.11 Å². The minimum Gasteiger partial charge on any atom is -0.497 e. The molecule has 1 aromatic rings. The lowest BCUT2D eigenvalue weighted by Gasteiger charge is -2.47. The summed E-state index contributed by atoms with van der Waals surface area (Å²) < 4.78 is 42.9. The Hall–Kier alpha value is -1.38. The summed E-state index contributed by atoms with van der Waals surface area (Å²) in [4.78, 5) is 0. The zero-order valence-corrected chi connectivity index (χ0v) is 21.1. The quantitative estimate of drug-likeness (QED) is 0.457. The Bertz CT molecular complexity index is 644. The van der Waals surface area contributed by atoms with Crippen molar-refractivity contribution in [1.82, 2.24) is 0 Å². The second-order valence-electron chi connectivity index (χ2n) is 9.17. The van der Waals surface area contributed by atoms with Crippen LogP contribution in [-0.2, 0) is 23.7 Å². The van der Waals surface area contributed by atoms with Crippen LogP contribution in [0, 0.1) is 0 Å². The molecule has 2 rings (SSSR count). The van der Waals surface area contributed by atoms with E-state index in [0.717, 1.165) is 5.75 Å². The average molecular weight is 455 g/mol. The van der Waals surface area contributed by atoms with Gasteiger partial charge in [-0.3, -0.25) is 0 Å². The molecule has 1 heterocycles. The van der Waals surface area contributed by atoms with Gasteiger partial charge in [-0.25, -0.2) is 0 Å². The van der Waals surface area contributed by atoms with E-state index in [1.807, 2.05) is 79.7 Å². The normalized spacial score (nSPS) is 26.3. The zero-order valence-electron chi connectivity index (χ0n) is 21.1. The summed E-state index contributed by atoms with van der Waals surface area (Å²) in [6, 6.07) is 7.40. The predicted molar refractivity (Wildman–Crippen MR) is 123 cm³/mol. The van der Waals surface area contributed by atoms with Crippen LogP contribution in [0.3, 0.4) is 0 Å². The summed E-state index contributed by atoms with van der Waals surface area (Å²) >= 11 is 0. The van der Waals surface area contributed by atoms with Crippen LogP contribution in [0.2, 0.25) is 0 Å². The monoisotopic (exact) mass is 454 g/mol. The third kappa shape index (κ3) is 8.19. The van der Waals surface area contributed by atoms with E-state index >= 15 is 0 Å². The zero-order chi connectivity index (χ0) is 23.8. The summed E-state index contributed by atoms with van der Waals surface area (Å²) in [7, 11) is 1.63. The van der Waals surface area contributed by atoms with Gasteiger partial charge < -0.3 is 33.2 Å². The van der Waals surface area contributed by atoms with Gasteiger partial charge in [0, 0.05) is 0 Å². The van der Waals surface area contributed by atoms with E-state index in [1.165, 1.54) is 0 Å². The van der Waals surface area contributed by atoms with Gasteiger partial charge in [-0.2, -0.15) is 0 Å². The van der Waals surface area contributed by atoms with Gasteiger partial charge in [-0.05, 0) is 79.7 Å².